The average Bonchev–Trinajstić information content (AvgIpc) is 3.19. The quantitative estimate of drug-likeness (QED) is 0.889. The number of rotatable bonds is 5. The van der Waals surface area contributed by atoms with E-state index in [9.17, 15) is 4.79 Å². The smallest absolute Gasteiger partial charge is 0.226 e. The summed E-state index contributed by atoms with van der Waals surface area (Å²) >= 11 is 1.58. The number of aromatic nitrogens is 2. The number of hydrogen-bond donors (Lipinski definition) is 1. The number of likely N-dealkylation sites (tertiary alicyclic amines) is 1. The molecular weight excluding hydrogens is 336 g/mol. The van der Waals surface area contributed by atoms with Gasteiger partial charge in [-0.3, -0.25) is 4.79 Å². The fourth-order valence-electron chi connectivity index (χ4n) is 2.56. The number of halogens is 1. The first kappa shape index (κ1) is 17.9. The molecule has 6 nitrogen and oxygen atoms in total. The SMILES string of the molecule is Cl.NC1CCN(C(=O)CCCc2nc(-c3cccs3)no2)CC1. The third-order valence-electron chi connectivity index (χ3n) is 3.88. The van der Waals surface area contributed by atoms with Gasteiger partial charge in [0.05, 0.1) is 4.88 Å². The Morgan fingerprint density at radius 3 is 2.91 bits per heavy atom. The highest BCUT2D eigenvalue weighted by molar-refractivity contribution is 7.13. The first-order chi connectivity index (χ1) is 10.7. The van der Waals surface area contributed by atoms with E-state index >= 15 is 0 Å². The molecule has 3 heterocycles. The molecule has 1 amide bonds. The summed E-state index contributed by atoms with van der Waals surface area (Å²) in [4.78, 5) is 19.4. The number of carbonyl (C=O) groups is 1. The lowest BCUT2D eigenvalue weighted by atomic mass is 10.1. The van der Waals surface area contributed by atoms with Crippen LogP contribution in [-0.2, 0) is 11.2 Å². The van der Waals surface area contributed by atoms with Crippen LogP contribution >= 0.6 is 23.7 Å². The molecule has 0 saturated carbocycles. The summed E-state index contributed by atoms with van der Waals surface area (Å²) in [7, 11) is 0. The number of amides is 1. The van der Waals surface area contributed by atoms with Gasteiger partial charge in [0.25, 0.3) is 0 Å². The third-order valence-corrected chi connectivity index (χ3v) is 4.75. The molecule has 1 saturated heterocycles. The summed E-state index contributed by atoms with van der Waals surface area (Å²) in [6.45, 7) is 1.56. The Morgan fingerprint density at radius 2 is 2.22 bits per heavy atom. The Bertz CT molecular complexity index is 609. The fraction of sp³-hybridized carbons (Fsp3) is 0.533. The van der Waals surface area contributed by atoms with E-state index in [4.69, 9.17) is 10.3 Å². The molecule has 126 valence electrons. The summed E-state index contributed by atoms with van der Waals surface area (Å²) < 4.78 is 5.23. The topological polar surface area (TPSA) is 85.2 Å². The lowest BCUT2D eigenvalue weighted by Gasteiger charge is -2.30. The van der Waals surface area contributed by atoms with Crippen molar-refractivity contribution in [3.05, 3.63) is 23.4 Å². The highest BCUT2D eigenvalue weighted by Gasteiger charge is 2.20. The van der Waals surface area contributed by atoms with Gasteiger partial charge in [-0.1, -0.05) is 11.2 Å². The number of carbonyl (C=O) groups excluding carboxylic acids is 1. The van der Waals surface area contributed by atoms with Crippen molar-refractivity contribution in [3.63, 3.8) is 0 Å². The molecular formula is C15H21ClN4O2S. The van der Waals surface area contributed by atoms with Crippen LogP contribution in [0.3, 0.4) is 0 Å². The predicted octanol–water partition coefficient (Wildman–Crippen LogP) is 2.49. The van der Waals surface area contributed by atoms with E-state index in [1.807, 2.05) is 22.4 Å². The zero-order valence-electron chi connectivity index (χ0n) is 12.8. The maximum absolute atomic E-state index is 12.1. The molecule has 1 aliphatic rings. The molecule has 0 bridgehead atoms. The third kappa shape index (κ3) is 4.76. The largest absolute Gasteiger partial charge is 0.343 e. The monoisotopic (exact) mass is 356 g/mol. The Labute approximate surface area is 145 Å². The molecule has 0 aromatic carbocycles. The Balaban J connectivity index is 0.00000192. The lowest BCUT2D eigenvalue weighted by molar-refractivity contribution is -0.132. The van der Waals surface area contributed by atoms with Gasteiger partial charge in [0.2, 0.25) is 17.6 Å². The summed E-state index contributed by atoms with van der Waals surface area (Å²) in [5.41, 5.74) is 5.85. The maximum Gasteiger partial charge on any atom is 0.226 e. The van der Waals surface area contributed by atoms with Crippen LogP contribution in [0.1, 0.15) is 31.6 Å². The zero-order valence-corrected chi connectivity index (χ0v) is 14.4. The molecule has 8 heteroatoms. The van der Waals surface area contributed by atoms with Crippen LogP contribution in [-0.4, -0.2) is 40.1 Å². The van der Waals surface area contributed by atoms with Crippen molar-refractivity contribution in [1.29, 1.82) is 0 Å². The van der Waals surface area contributed by atoms with Crippen molar-refractivity contribution in [1.82, 2.24) is 15.0 Å². The standard InChI is InChI=1S/C15H20N4O2S.ClH/c16-11-6-8-19(9-7-11)14(20)5-1-4-13-17-15(18-21-13)12-3-2-10-22-12;/h2-3,10-11H,1,4-9,16H2;1H. The van der Waals surface area contributed by atoms with Crippen LogP contribution in [0.2, 0.25) is 0 Å². The molecule has 0 aliphatic carbocycles. The van der Waals surface area contributed by atoms with Crippen molar-refractivity contribution < 1.29 is 9.32 Å². The summed E-state index contributed by atoms with van der Waals surface area (Å²) in [6, 6.07) is 4.17. The van der Waals surface area contributed by atoms with E-state index < -0.39 is 0 Å². The van der Waals surface area contributed by atoms with Crippen LogP contribution in [0.25, 0.3) is 10.7 Å². The minimum Gasteiger partial charge on any atom is -0.343 e. The summed E-state index contributed by atoms with van der Waals surface area (Å²) in [5, 5.41) is 5.95. The normalized spacial score (nSPS) is 15.4. The van der Waals surface area contributed by atoms with Crippen LogP contribution in [0.5, 0.6) is 0 Å². The second kappa shape index (κ2) is 8.42. The molecule has 0 unspecified atom stereocenters. The summed E-state index contributed by atoms with van der Waals surface area (Å²) in [6.07, 6.45) is 3.69. The van der Waals surface area contributed by atoms with Crippen molar-refractivity contribution in [2.24, 2.45) is 5.73 Å². The van der Waals surface area contributed by atoms with E-state index in [1.165, 1.54) is 0 Å². The van der Waals surface area contributed by atoms with E-state index in [1.54, 1.807) is 11.3 Å². The predicted molar refractivity (Wildman–Crippen MR) is 91.6 cm³/mol. The van der Waals surface area contributed by atoms with Gasteiger partial charge in [-0.25, -0.2) is 0 Å². The first-order valence-corrected chi connectivity index (χ1v) is 8.50. The zero-order chi connectivity index (χ0) is 15.4. The highest BCUT2D eigenvalue weighted by Crippen LogP contribution is 2.21. The maximum atomic E-state index is 12.1. The first-order valence-electron chi connectivity index (χ1n) is 7.62. The molecule has 2 aromatic heterocycles. The molecule has 0 radical (unpaired) electrons. The van der Waals surface area contributed by atoms with Crippen LogP contribution in [0.15, 0.2) is 22.0 Å². The number of nitrogens with two attached hydrogens (primary N) is 1. The number of aryl methyl sites for hydroxylation is 1. The van der Waals surface area contributed by atoms with Gasteiger partial charge in [-0.2, -0.15) is 4.98 Å². The van der Waals surface area contributed by atoms with E-state index in [2.05, 4.69) is 10.1 Å². The van der Waals surface area contributed by atoms with Gasteiger partial charge in [0.1, 0.15) is 0 Å². The number of hydrogen-bond acceptors (Lipinski definition) is 6. The Kier molecular flexibility index (Phi) is 6.56. The minimum atomic E-state index is 0. The molecule has 0 spiro atoms. The van der Waals surface area contributed by atoms with E-state index in [0.717, 1.165) is 37.2 Å². The fourth-order valence-corrected chi connectivity index (χ4v) is 3.21. The molecule has 3 rings (SSSR count). The molecule has 2 N–H and O–H groups in total. The van der Waals surface area contributed by atoms with Gasteiger partial charge >= 0.3 is 0 Å². The molecule has 23 heavy (non-hydrogen) atoms. The lowest BCUT2D eigenvalue weighted by Crippen LogP contribution is -2.42. The number of thiophene rings is 1. The average molecular weight is 357 g/mol. The molecule has 2 aromatic rings. The van der Waals surface area contributed by atoms with Crippen LogP contribution in [0.4, 0.5) is 0 Å². The van der Waals surface area contributed by atoms with Crippen molar-refractivity contribution in [2.75, 3.05) is 13.1 Å². The van der Waals surface area contributed by atoms with Gasteiger partial charge in [-0.15, -0.1) is 23.7 Å². The Hall–Kier alpha value is -1.44. The van der Waals surface area contributed by atoms with Crippen molar-refractivity contribution in [3.8, 4) is 10.7 Å². The van der Waals surface area contributed by atoms with Crippen molar-refractivity contribution >= 4 is 29.7 Å². The minimum absolute atomic E-state index is 0. The summed E-state index contributed by atoms with van der Waals surface area (Å²) in [5.74, 6) is 1.42. The van der Waals surface area contributed by atoms with E-state index in [-0.39, 0.29) is 24.4 Å². The van der Waals surface area contributed by atoms with Gasteiger partial charge in [-0.05, 0) is 30.7 Å². The number of nitrogens with zero attached hydrogens (tertiary/aromatic N) is 3. The number of piperidine rings is 1. The molecule has 0 atom stereocenters. The van der Waals surface area contributed by atoms with Crippen LogP contribution < -0.4 is 5.73 Å². The van der Waals surface area contributed by atoms with Crippen molar-refractivity contribution in [2.45, 2.75) is 38.1 Å². The van der Waals surface area contributed by atoms with E-state index in [0.29, 0.717) is 24.6 Å². The molecule has 1 fully saturated rings. The van der Waals surface area contributed by atoms with Gasteiger partial charge in [0.15, 0.2) is 0 Å². The molecule has 1 aliphatic heterocycles. The van der Waals surface area contributed by atoms with Gasteiger partial charge < -0.3 is 15.2 Å². The highest BCUT2D eigenvalue weighted by atomic mass is 35.5. The second-order valence-electron chi connectivity index (χ2n) is 5.56. The Morgan fingerprint density at radius 1 is 1.43 bits per heavy atom. The second-order valence-corrected chi connectivity index (χ2v) is 6.51. The van der Waals surface area contributed by atoms with Gasteiger partial charge in [0, 0.05) is 32.0 Å². The van der Waals surface area contributed by atoms with Crippen LogP contribution in [0, 0.1) is 0 Å².